The van der Waals surface area contributed by atoms with Gasteiger partial charge in [0, 0.05) is 12.4 Å². The highest BCUT2D eigenvalue weighted by Crippen LogP contribution is 2.18. The van der Waals surface area contributed by atoms with Crippen LogP contribution in [0.1, 0.15) is 5.56 Å². The van der Waals surface area contributed by atoms with Crippen LogP contribution in [0.5, 0.6) is 0 Å². The second-order valence-corrected chi connectivity index (χ2v) is 2.47. The molecule has 0 spiro atoms. The fraction of sp³-hybridized carbons (Fsp3) is 0.167. The Kier molecular flexibility index (Phi) is 1.71. The second-order valence-electron chi connectivity index (χ2n) is 1.56. The van der Waals surface area contributed by atoms with Gasteiger partial charge in [0.1, 0.15) is 6.07 Å². The lowest BCUT2D eigenvalue weighted by Crippen LogP contribution is -1.80. The summed E-state index contributed by atoms with van der Waals surface area (Å²) in [5.74, 6) is 0. The first-order valence-corrected chi connectivity index (χ1v) is 3.41. The van der Waals surface area contributed by atoms with Crippen molar-refractivity contribution in [1.29, 1.82) is 5.26 Å². The molecule has 0 saturated carbocycles. The molecule has 0 aromatic carbocycles. The van der Waals surface area contributed by atoms with Gasteiger partial charge in [0.25, 0.3) is 0 Å². The summed E-state index contributed by atoms with van der Waals surface area (Å²) in [6, 6.07) is 3.88. The summed E-state index contributed by atoms with van der Waals surface area (Å²) in [4.78, 5) is 0. The summed E-state index contributed by atoms with van der Waals surface area (Å²) in [5, 5.41) is 14.2. The molecule has 0 aliphatic rings. The molecular formula is C6H6N2S. The molecule has 0 aliphatic carbocycles. The maximum absolute atomic E-state index is 8.38. The van der Waals surface area contributed by atoms with E-state index < -0.39 is 0 Å². The Bertz CT molecular complexity index is 233. The summed E-state index contributed by atoms with van der Waals surface area (Å²) >= 11 is 1.54. The zero-order valence-corrected chi connectivity index (χ0v) is 5.83. The van der Waals surface area contributed by atoms with E-state index in [4.69, 9.17) is 5.26 Å². The van der Waals surface area contributed by atoms with E-state index in [2.05, 4.69) is 11.4 Å². The van der Waals surface area contributed by atoms with Crippen LogP contribution in [0.25, 0.3) is 0 Å². The number of thiophene rings is 1. The Hall–Kier alpha value is -1.01. The zero-order chi connectivity index (χ0) is 6.69. The highest BCUT2D eigenvalue weighted by Gasteiger charge is 1.93. The molecule has 1 N–H and O–H groups in total. The van der Waals surface area contributed by atoms with E-state index in [-0.39, 0.29) is 0 Å². The third-order valence-electron chi connectivity index (χ3n) is 0.975. The molecule has 1 rings (SSSR count). The summed E-state index contributed by atoms with van der Waals surface area (Å²) in [7, 11) is 1.84. The monoisotopic (exact) mass is 138 g/mol. The van der Waals surface area contributed by atoms with E-state index in [1.807, 2.05) is 18.5 Å². The highest BCUT2D eigenvalue weighted by molar-refractivity contribution is 7.14. The molecule has 1 aromatic rings. The smallest absolute Gasteiger partial charge is 0.100 e. The van der Waals surface area contributed by atoms with Gasteiger partial charge in [-0.25, -0.2) is 0 Å². The van der Waals surface area contributed by atoms with Crippen molar-refractivity contribution in [2.45, 2.75) is 0 Å². The van der Waals surface area contributed by atoms with E-state index in [0.29, 0.717) is 0 Å². The summed E-state index contributed by atoms with van der Waals surface area (Å²) in [6.45, 7) is 0. The van der Waals surface area contributed by atoms with Crippen LogP contribution in [0.2, 0.25) is 0 Å². The molecule has 0 amide bonds. The minimum absolute atomic E-state index is 0.726. The van der Waals surface area contributed by atoms with Crippen molar-refractivity contribution in [2.75, 3.05) is 12.4 Å². The quantitative estimate of drug-likeness (QED) is 0.640. The molecule has 2 nitrogen and oxygen atoms in total. The largest absolute Gasteiger partial charge is 0.380 e. The molecule has 9 heavy (non-hydrogen) atoms. The maximum atomic E-state index is 8.38. The van der Waals surface area contributed by atoms with E-state index in [1.54, 1.807) is 11.3 Å². The molecule has 3 heteroatoms. The van der Waals surface area contributed by atoms with Crippen LogP contribution in [0, 0.1) is 11.3 Å². The van der Waals surface area contributed by atoms with Gasteiger partial charge in [-0.3, -0.25) is 0 Å². The minimum atomic E-state index is 0.726. The Morgan fingerprint density at radius 1 is 1.78 bits per heavy atom. The van der Waals surface area contributed by atoms with Crippen molar-refractivity contribution in [3.8, 4) is 6.07 Å². The first-order chi connectivity index (χ1) is 4.36. The van der Waals surface area contributed by atoms with Crippen molar-refractivity contribution in [2.24, 2.45) is 0 Å². The number of anilines is 1. The number of hydrogen-bond acceptors (Lipinski definition) is 3. The van der Waals surface area contributed by atoms with Crippen LogP contribution >= 0.6 is 11.3 Å². The fourth-order valence-electron chi connectivity index (χ4n) is 0.526. The number of hydrogen-bond donors (Lipinski definition) is 1. The van der Waals surface area contributed by atoms with Gasteiger partial charge in [-0.2, -0.15) is 5.26 Å². The topological polar surface area (TPSA) is 35.8 Å². The lowest BCUT2D eigenvalue weighted by Gasteiger charge is -1.86. The third-order valence-corrected chi connectivity index (χ3v) is 1.92. The second kappa shape index (κ2) is 2.51. The van der Waals surface area contributed by atoms with Gasteiger partial charge in [-0.05, 0) is 6.07 Å². The molecule has 0 bridgehead atoms. The van der Waals surface area contributed by atoms with E-state index in [9.17, 15) is 0 Å². The third kappa shape index (κ3) is 1.21. The SMILES string of the molecule is CNc1cc(C#N)cs1. The van der Waals surface area contributed by atoms with Crippen LogP contribution in [0.3, 0.4) is 0 Å². The molecule has 0 atom stereocenters. The molecule has 0 saturated heterocycles. The summed E-state index contributed by atoms with van der Waals surface area (Å²) in [6.07, 6.45) is 0. The van der Waals surface area contributed by atoms with Gasteiger partial charge >= 0.3 is 0 Å². The van der Waals surface area contributed by atoms with Crippen molar-refractivity contribution in [1.82, 2.24) is 0 Å². The molecule has 46 valence electrons. The average Bonchev–Trinajstić information content (AvgIpc) is 2.34. The first-order valence-electron chi connectivity index (χ1n) is 2.53. The Morgan fingerprint density at radius 3 is 2.89 bits per heavy atom. The van der Waals surface area contributed by atoms with Gasteiger partial charge in [0.15, 0.2) is 0 Å². The van der Waals surface area contributed by atoms with Crippen LogP contribution in [-0.2, 0) is 0 Å². The molecule has 0 aliphatic heterocycles. The van der Waals surface area contributed by atoms with Crippen LogP contribution < -0.4 is 5.32 Å². The Labute approximate surface area is 57.7 Å². The standard InChI is InChI=1S/C6H6N2S/c1-8-6-2-5(3-7)4-9-6/h2,4,8H,1H3. The van der Waals surface area contributed by atoms with Gasteiger partial charge in [-0.1, -0.05) is 0 Å². The number of nitriles is 1. The molecular weight excluding hydrogens is 132 g/mol. The summed E-state index contributed by atoms with van der Waals surface area (Å²) in [5.41, 5.74) is 0.726. The van der Waals surface area contributed by atoms with E-state index in [0.717, 1.165) is 10.6 Å². The van der Waals surface area contributed by atoms with Crippen molar-refractivity contribution in [3.05, 3.63) is 17.0 Å². The fourth-order valence-corrected chi connectivity index (χ4v) is 1.21. The van der Waals surface area contributed by atoms with Gasteiger partial charge in [0.05, 0.1) is 10.6 Å². The van der Waals surface area contributed by atoms with Gasteiger partial charge in [0.2, 0.25) is 0 Å². The van der Waals surface area contributed by atoms with Crippen LogP contribution in [0.15, 0.2) is 11.4 Å². The Morgan fingerprint density at radius 2 is 2.56 bits per heavy atom. The average molecular weight is 138 g/mol. The Balaban J connectivity index is 2.90. The lowest BCUT2D eigenvalue weighted by molar-refractivity contribution is 1.50. The molecule has 1 heterocycles. The number of nitrogens with zero attached hydrogens (tertiary/aromatic N) is 1. The first kappa shape index (κ1) is 6.12. The highest BCUT2D eigenvalue weighted by atomic mass is 32.1. The predicted octanol–water partition coefficient (Wildman–Crippen LogP) is 1.66. The molecule has 0 radical (unpaired) electrons. The zero-order valence-electron chi connectivity index (χ0n) is 5.01. The van der Waals surface area contributed by atoms with Gasteiger partial charge < -0.3 is 5.32 Å². The van der Waals surface area contributed by atoms with E-state index in [1.165, 1.54) is 0 Å². The predicted molar refractivity (Wildman–Crippen MR) is 38.6 cm³/mol. The molecule has 1 aromatic heterocycles. The van der Waals surface area contributed by atoms with Crippen molar-refractivity contribution >= 4 is 16.3 Å². The number of rotatable bonds is 1. The van der Waals surface area contributed by atoms with Gasteiger partial charge in [-0.15, -0.1) is 11.3 Å². The number of nitrogens with one attached hydrogen (secondary N) is 1. The normalized spacial score (nSPS) is 8.44. The molecule has 0 unspecified atom stereocenters. The summed E-state index contributed by atoms with van der Waals surface area (Å²) < 4.78 is 0. The van der Waals surface area contributed by atoms with Crippen molar-refractivity contribution < 1.29 is 0 Å². The molecule has 0 fully saturated rings. The minimum Gasteiger partial charge on any atom is -0.380 e. The van der Waals surface area contributed by atoms with E-state index >= 15 is 0 Å². The van der Waals surface area contributed by atoms with Crippen LogP contribution in [-0.4, -0.2) is 7.05 Å². The lowest BCUT2D eigenvalue weighted by atomic mass is 10.4. The van der Waals surface area contributed by atoms with Crippen molar-refractivity contribution in [3.63, 3.8) is 0 Å². The van der Waals surface area contributed by atoms with Crippen LogP contribution in [0.4, 0.5) is 5.00 Å². The maximum Gasteiger partial charge on any atom is 0.100 e.